The smallest absolute Gasteiger partial charge is 0.309 e. The maximum absolute atomic E-state index is 13.7. The van der Waals surface area contributed by atoms with Crippen LogP contribution in [0.1, 0.15) is 11.4 Å². The van der Waals surface area contributed by atoms with Crippen LogP contribution in [0.25, 0.3) is 11.4 Å². The number of carbonyl (C=O) groups is 1. The molecule has 0 saturated heterocycles. The lowest BCUT2D eigenvalue weighted by molar-refractivity contribution is -0.136. The summed E-state index contributed by atoms with van der Waals surface area (Å²) in [5.41, 5.74) is 1.57. The molecule has 0 unspecified atom stereocenters. The van der Waals surface area contributed by atoms with Crippen LogP contribution in [0.4, 0.5) is 4.39 Å². The van der Waals surface area contributed by atoms with Crippen LogP contribution in [0.15, 0.2) is 24.3 Å². The van der Waals surface area contributed by atoms with Crippen LogP contribution >= 0.6 is 0 Å². The summed E-state index contributed by atoms with van der Waals surface area (Å²) in [5.74, 6) is -0.851. The molecule has 2 rings (SSSR count). The van der Waals surface area contributed by atoms with Gasteiger partial charge in [-0.2, -0.15) is 0 Å². The lowest BCUT2D eigenvalue weighted by atomic mass is 10.2. The van der Waals surface area contributed by atoms with Crippen LogP contribution < -0.4 is 0 Å². The van der Waals surface area contributed by atoms with Gasteiger partial charge in [0.1, 0.15) is 11.6 Å². The van der Waals surface area contributed by atoms with Crippen molar-refractivity contribution in [3.05, 3.63) is 41.5 Å². The number of hydrogen-bond acceptors (Lipinski definition) is 2. The van der Waals surface area contributed by atoms with Crippen molar-refractivity contribution in [3.8, 4) is 11.4 Å². The Hall–Kier alpha value is -2.17. The van der Waals surface area contributed by atoms with Gasteiger partial charge in [0.05, 0.1) is 23.4 Å². The molecule has 0 radical (unpaired) electrons. The van der Waals surface area contributed by atoms with Crippen molar-refractivity contribution >= 4 is 5.97 Å². The number of rotatable bonds is 3. The van der Waals surface area contributed by atoms with Crippen molar-refractivity contribution in [1.82, 2.24) is 9.55 Å². The van der Waals surface area contributed by atoms with E-state index < -0.39 is 5.97 Å². The van der Waals surface area contributed by atoms with E-state index >= 15 is 0 Å². The van der Waals surface area contributed by atoms with Crippen LogP contribution in [0.2, 0.25) is 0 Å². The molecule has 18 heavy (non-hydrogen) atoms. The summed E-state index contributed by atoms with van der Waals surface area (Å²) in [6, 6.07) is 6.31. The van der Waals surface area contributed by atoms with E-state index in [1.165, 1.54) is 6.07 Å². The van der Waals surface area contributed by atoms with Crippen molar-refractivity contribution in [2.75, 3.05) is 0 Å². The molecule has 0 aliphatic carbocycles. The molecule has 2 aromatic rings. The maximum atomic E-state index is 13.7. The van der Waals surface area contributed by atoms with Gasteiger partial charge < -0.3 is 9.67 Å². The summed E-state index contributed by atoms with van der Waals surface area (Å²) in [6.45, 7) is 1.72. The number of hydrogen-bond donors (Lipinski definition) is 1. The molecule has 0 amide bonds. The van der Waals surface area contributed by atoms with Crippen molar-refractivity contribution in [2.24, 2.45) is 7.05 Å². The van der Waals surface area contributed by atoms with Gasteiger partial charge in [0, 0.05) is 7.05 Å². The summed E-state index contributed by atoms with van der Waals surface area (Å²) in [5, 5.41) is 8.84. The predicted molar refractivity (Wildman–Crippen MR) is 64.7 cm³/mol. The number of imidazole rings is 1. The minimum Gasteiger partial charge on any atom is -0.481 e. The number of aliphatic carboxylic acids is 1. The van der Waals surface area contributed by atoms with Gasteiger partial charge in [-0.1, -0.05) is 12.1 Å². The first-order valence-electron chi connectivity index (χ1n) is 5.49. The molecule has 0 spiro atoms. The summed E-state index contributed by atoms with van der Waals surface area (Å²) in [6.07, 6.45) is -0.121. The third-order valence-electron chi connectivity index (χ3n) is 2.85. The normalized spacial score (nSPS) is 10.6. The van der Waals surface area contributed by atoms with Gasteiger partial charge in [0.25, 0.3) is 0 Å². The van der Waals surface area contributed by atoms with E-state index in [0.717, 1.165) is 0 Å². The van der Waals surface area contributed by atoms with Crippen molar-refractivity contribution in [2.45, 2.75) is 13.3 Å². The number of carboxylic acid groups (broad SMARTS) is 1. The maximum Gasteiger partial charge on any atom is 0.309 e. The molecule has 0 aliphatic heterocycles. The second kappa shape index (κ2) is 4.60. The average Bonchev–Trinajstić information content (AvgIpc) is 2.57. The first-order chi connectivity index (χ1) is 8.50. The van der Waals surface area contributed by atoms with E-state index in [2.05, 4.69) is 4.98 Å². The third-order valence-corrected chi connectivity index (χ3v) is 2.85. The molecule has 0 saturated carbocycles. The Morgan fingerprint density at radius 2 is 2.11 bits per heavy atom. The highest BCUT2D eigenvalue weighted by molar-refractivity contribution is 5.70. The fraction of sp³-hybridized carbons (Fsp3) is 0.231. The molecule has 0 bridgehead atoms. The van der Waals surface area contributed by atoms with Gasteiger partial charge in [0.15, 0.2) is 0 Å². The largest absolute Gasteiger partial charge is 0.481 e. The number of nitrogens with zero attached hydrogens (tertiary/aromatic N) is 2. The molecule has 1 aromatic heterocycles. The molecule has 4 nitrogen and oxygen atoms in total. The Balaban J connectivity index is 2.54. The van der Waals surface area contributed by atoms with Gasteiger partial charge in [0.2, 0.25) is 0 Å². The van der Waals surface area contributed by atoms with Crippen LogP contribution in [0.3, 0.4) is 0 Å². The van der Waals surface area contributed by atoms with E-state index in [1.54, 1.807) is 36.7 Å². The Bertz CT molecular complexity index is 605. The molecule has 0 atom stereocenters. The highest BCUT2D eigenvalue weighted by atomic mass is 19.1. The molecule has 1 heterocycles. The summed E-state index contributed by atoms with van der Waals surface area (Å²) in [4.78, 5) is 15.0. The standard InChI is InChI=1S/C13H13FN2O2/c1-8-11(7-12(17)18)16(2)13(15-8)9-5-3-4-6-10(9)14/h3-6H,7H2,1-2H3,(H,17,18). The lowest BCUT2D eigenvalue weighted by Gasteiger charge is -2.05. The quantitative estimate of drug-likeness (QED) is 0.905. The minimum atomic E-state index is -0.929. The zero-order valence-electron chi connectivity index (χ0n) is 10.1. The average molecular weight is 248 g/mol. The molecule has 5 heteroatoms. The SMILES string of the molecule is Cc1nc(-c2ccccc2F)n(C)c1CC(=O)O. The van der Waals surface area contributed by atoms with Crippen molar-refractivity contribution in [3.63, 3.8) is 0 Å². The molecule has 94 valence electrons. The molecular weight excluding hydrogens is 235 g/mol. The monoisotopic (exact) mass is 248 g/mol. The van der Waals surface area contributed by atoms with E-state index in [0.29, 0.717) is 22.8 Å². The van der Waals surface area contributed by atoms with Crippen LogP contribution in [0, 0.1) is 12.7 Å². The zero-order chi connectivity index (χ0) is 13.3. The summed E-state index contributed by atoms with van der Waals surface area (Å²) >= 11 is 0. The third kappa shape index (κ3) is 2.11. The first-order valence-corrected chi connectivity index (χ1v) is 5.49. The van der Waals surface area contributed by atoms with E-state index in [1.807, 2.05) is 0 Å². The Kier molecular flexibility index (Phi) is 3.14. The second-order valence-corrected chi connectivity index (χ2v) is 4.08. The van der Waals surface area contributed by atoms with Gasteiger partial charge in [-0.3, -0.25) is 4.79 Å². The number of halogens is 1. The van der Waals surface area contributed by atoms with E-state index in [-0.39, 0.29) is 12.2 Å². The number of aryl methyl sites for hydroxylation is 1. The van der Waals surface area contributed by atoms with Crippen LogP contribution in [-0.4, -0.2) is 20.6 Å². The van der Waals surface area contributed by atoms with E-state index in [9.17, 15) is 9.18 Å². The van der Waals surface area contributed by atoms with Gasteiger partial charge in [-0.05, 0) is 19.1 Å². The fourth-order valence-corrected chi connectivity index (χ4v) is 1.94. The highest BCUT2D eigenvalue weighted by Crippen LogP contribution is 2.23. The van der Waals surface area contributed by atoms with E-state index in [4.69, 9.17) is 5.11 Å². The lowest BCUT2D eigenvalue weighted by Crippen LogP contribution is -2.07. The zero-order valence-corrected chi connectivity index (χ0v) is 10.1. The summed E-state index contributed by atoms with van der Waals surface area (Å²) < 4.78 is 15.3. The van der Waals surface area contributed by atoms with Crippen molar-refractivity contribution < 1.29 is 14.3 Å². The molecular formula is C13H13FN2O2. The Labute approximate surface area is 104 Å². The van der Waals surface area contributed by atoms with Gasteiger partial charge in [-0.25, -0.2) is 9.37 Å². The van der Waals surface area contributed by atoms with Gasteiger partial charge >= 0.3 is 5.97 Å². The molecule has 1 N–H and O–H groups in total. The first kappa shape index (κ1) is 12.3. The number of carboxylic acids is 1. The number of aromatic nitrogens is 2. The highest BCUT2D eigenvalue weighted by Gasteiger charge is 2.17. The minimum absolute atomic E-state index is 0.121. The fourth-order valence-electron chi connectivity index (χ4n) is 1.94. The van der Waals surface area contributed by atoms with Crippen LogP contribution in [0.5, 0.6) is 0 Å². The van der Waals surface area contributed by atoms with Gasteiger partial charge in [-0.15, -0.1) is 0 Å². The topological polar surface area (TPSA) is 55.1 Å². The Morgan fingerprint density at radius 3 is 2.72 bits per heavy atom. The van der Waals surface area contributed by atoms with Crippen molar-refractivity contribution in [1.29, 1.82) is 0 Å². The van der Waals surface area contributed by atoms with Crippen LogP contribution in [-0.2, 0) is 18.3 Å². The number of benzene rings is 1. The summed E-state index contributed by atoms with van der Waals surface area (Å²) in [7, 11) is 1.69. The molecule has 1 aromatic carbocycles. The Morgan fingerprint density at radius 1 is 1.44 bits per heavy atom. The second-order valence-electron chi connectivity index (χ2n) is 4.08. The molecule has 0 fully saturated rings. The molecule has 0 aliphatic rings. The predicted octanol–water partition coefficient (Wildman–Crippen LogP) is 2.16.